The van der Waals surface area contributed by atoms with Gasteiger partial charge in [0.05, 0.1) is 10.6 Å². The highest BCUT2D eigenvalue weighted by Crippen LogP contribution is 2.32. The fraction of sp³-hybridized carbons (Fsp3) is 0.364. The number of ether oxygens (including phenoxy) is 1. The highest BCUT2D eigenvalue weighted by atomic mass is 79.9. The van der Waals surface area contributed by atoms with Gasteiger partial charge in [-0.25, -0.2) is 0 Å². The second-order valence-corrected chi connectivity index (χ2v) is 4.36. The van der Waals surface area contributed by atoms with Crippen LogP contribution in [0.4, 0.5) is 0 Å². The van der Waals surface area contributed by atoms with Crippen LogP contribution < -0.4 is 5.43 Å². The molecule has 15 heavy (non-hydrogen) atoms. The molecule has 1 aliphatic heterocycles. The molecule has 1 heterocycles. The standard InChI is InChI=1S/C11H11BrO3/c12-8-4-1-3-7(10(13)11(8)14)9-5-2-6-15-9/h1,3-4,9H,2,5-6H2,(H,13,14). The van der Waals surface area contributed by atoms with Crippen LogP contribution in [0.3, 0.4) is 0 Å². The van der Waals surface area contributed by atoms with Crippen LogP contribution in [0.25, 0.3) is 0 Å². The van der Waals surface area contributed by atoms with Crippen molar-refractivity contribution < 1.29 is 9.84 Å². The summed E-state index contributed by atoms with van der Waals surface area (Å²) in [7, 11) is 0. The number of hydrogen-bond acceptors (Lipinski definition) is 3. The number of aromatic hydroxyl groups is 1. The Bertz CT molecular complexity index is 425. The zero-order valence-electron chi connectivity index (χ0n) is 8.07. The fourth-order valence-electron chi connectivity index (χ4n) is 1.72. The molecule has 0 radical (unpaired) electrons. The average Bonchev–Trinajstić information content (AvgIpc) is 2.71. The number of rotatable bonds is 1. The van der Waals surface area contributed by atoms with Crippen molar-refractivity contribution in [2.75, 3.05) is 6.61 Å². The Morgan fingerprint density at radius 1 is 1.47 bits per heavy atom. The first kappa shape index (κ1) is 10.6. The zero-order valence-corrected chi connectivity index (χ0v) is 9.66. The summed E-state index contributed by atoms with van der Waals surface area (Å²) >= 11 is 3.11. The summed E-state index contributed by atoms with van der Waals surface area (Å²) in [5.41, 5.74) is 0.203. The van der Waals surface area contributed by atoms with E-state index >= 15 is 0 Å². The maximum absolute atomic E-state index is 11.6. The molecule has 1 unspecified atom stereocenters. The molecule has 1 atom stereocenters. The lowest BCUT2D eigenvalue weighted by atomic mass is 10.1. The Labute approximate surface area is 95.8 Å². The molecule has 3 nitrogen and oxygen atoms in total. The molecule has 0 amide bonds. The van der Waals surface area contributed by atoms with Crippen LogP contribution in [0.5, 0.6) is 5.75 Å². The van der Waals surface area contributed by atoms with Crippen molar-refractivity contribution in [1.29, 1.82) is 0 Å². The third-order valence-corrected chi connectivity index (χ3v) is 3.12. The molecule has 0 spiro atoms. The SMILES string of the molecule is O=c1c(Br)cccc(C2CCCO2)c1O. The summed E-state index contributed by atoms with van der Waals surface area (Å²) in [5.74, 6) is -0.209. The highest BCUT2D eigenvalue weighted by molar-refractivity contribution is 9.10. The van der Waals surface area contributed by atoms with Crippen molar-refractivity contribution in [3.8, 4) is 5.75 Å². The van der Waals surface area contributed by atoms with Gasteiger partial charge in [0.25, 0.3) is 0 Å². The first-order chi connectivity index (χ1) is 7.20. The van der Waals surface area contributed by atoms with E-state index in [-0.39, 0.29) is 17.3 Å². The van der Waals surface area contributed by atoms with E-state index in [1.165, 1.54) is 0 Å². The predicted octanol–water partition coefficient (Wildman–Crippen LogP) is 2.37. The summed E-state index contributed by atoms with van der Waals surface area (Å²) in [4.78, 5) is 11.6. The van der Waals surface area contributed by atoms with Gasteiger partial charge in [-0.05, 0) is 34.8 Å². The normalized spacial score (nSPS) is 20.5. The van der Waals surface area contributed by atoms with E-state index < -0.39 is 0 Å². The Kier molecular flexibility index (Phi) is 3.07. The molecule has 80 valence electrons. The quantitative estimate of drug-likeness (QED) is 0.852. The van der Waals surface area contributed by atoms with Gasteiger partial charge in [-0.15, -0.1) is 0 Å². The zero-order chi connectivity index (χ0) is 10.8. The summed E-state index contributed by atoms with van der Waals surface area (Å²) in [5, 5.41) is 9.78. The first-order valence-corrected chi connectivity index (χ1v) is 5.63. The summed E-state index contributed by atoms with van der Waals surface area (Å²) in [6.07, 6.45) is 1.68. The monoisotopic (exact) mass is 270 g/mol. The van der Waals surface area contributed by atoms with Crippen molar-refractivity contribution in [1.82, 2.24) is 0 Å². The van der Waals surface area contributed by atoms with E-state index in [1.54, 1.807) is 18.2 Å². The Morgan fingerprint density at radius 2 is 2.27 bits per heavy atom. The highest BCUT2D eigenvalue weighted by Gasteiger charge is 2.21. The van der Waals surface area contributed by atoms with Crippen LogP contribution in [-0.2, 0) is 4.74 Å². The second-order valence-electron chi connectivity index (χ2n) is 3.51. The molecule has 0 bridgehead atoms. The molecule has 4 heteroatoms. The van der Waals surface area contributed by atoms with E-state index in [2.05, 4.69) is 15.9 Å². The minimum atomic E-state index is -0.384. The molecular weight excluding hydrogens is 260 g/mol. The fourth-order valence-corrected chi connectivity index (χ4v) is 2.06. The van der Waals surface area contributed by atoms with Gasteiger partial charge in [0.2, 0.25) is 5.43 Å². The van der Waals surface area contributed by atoms with Crippen molar-refractivity contribution in [2.45, 2.75) is 18.9 Å². The van der Waals surface area contributed by atoms with Gasteiger partial charge in [0, 0.05) is 12.2 Å². The summed E-state index contributed by atoms with van der Waals surface area (Å²) < 4.78 is 5.81. The topological polar surface area (TPSA) is 46.5 Å². The minimum Gasteiger partial charge on any atom is -0.504 e. The van der Waals surface area contributed by atoms with Crippen LogP contribution in [0.1, 0.15) is 24.5 Å². The maximum atomic E-state index is 11.6. The van der Waals surface area contributed by atoms with Crippen LogP contribution in [-0.4, -0.2) is 11.7 Å². The van der Waals surface area contributed by atoms with Gasteiger partial charge in [-0.1, -0.05) is 12.1 Å². The second kappa shape index (κ2) is 4.33. The summed E-state index contributed by atoms with van der Waals surface area (Å²) in [6, 6.07) is 5.10. The lowest BCUT2D eigenvalue weighted by molar-refractivity contribution is 0.110. The van der Waals surface area contributed by atoms with E-state index in [4.69, 9.17) is 4.74 Å². The molecule has 1 aromatic carbocycles. The van der Waals surface area contributed by atoms with E-state index in [0.29, 0.717) is 16.6 Å². The molecule has 1 fully saturated rings. The summed E-state index contributed by atoms with van der Waals surface area (Å²) in [6.45, 7) is 0.693. The van der Waals surface area contributed by atoms with Gasteiger partial charge >= 0.3 is 0 Å². The molecule has 0 aliphatic carbocycles. The lowest BCUT2D eigenvalue weighted by Crippen LogP contribution is -2.03. The van der Waals surface area contributed by atoms with Gasteiger partial charge in [0.1, 0.15) is 0 Å². The molecule has 1 N–H and O–H groups in total. The Morgan fingerprint density at radius 3 is 2.93 bits per heavy atom. The smallest absolute Gasteiger partial charge is 0.234 e. The average molecular weight is 271 g/mol. The molecule has 0 aromatic heterocycles. The van der Waals surface area contributed by atoms with Crippen molar-refractivity contribution in [3.63, 3.8) is 0 Å². The molecule has 2 rings (SSSR count). The third-order valence-electron chi connectivity index (χ3n) is 2.50. The molecule has 1 saturated heterocycles. The first-order valence-electron chi connectivity index (χ1n) is 4.83. The van der Waals surface area contributed by atoms with Crippen molar-refractivity contribution >= 4 is 15.9 Å². The molecule has 1 aliphatic rings. The van der Waals surface area contributed by atoms with E-state index in [0.717, 1.165) is 12.8 Å². The van der Waals surface area contributed by atoms with Crippen LogP contribution in [0.2, 0.25) is 0 Å². The molecule has 0 saturated carbocycles. The van der Waals surface area contributed by atoms with E-state index in [1.807, 2.05) is 0 Å². The Hall–Kier alpha value is -0.870. The predicted molar refractivity (Wildman–Crippen MR) is 60.0 cm³/mol. The lowest BCUT2D eigenvalue weighted by Gasteiger charge is -2.08. The number of halogens is 1. The van der Waals surface area contributed by atoms with Gasteiger partial charge in [-0.3, -0.25) is 4.79 Å². The molecular formula is C11H11BrO3. The maximum Gasteiger partial charge on any atom is 0.234 e. The van der Waals surface area contributed by atoms with Gasteiger partial charge < -0.3 is 9.84 Å². The van der Waals surface area contributed by atoms with Crippen LogP contribution >= 0.6 is 15.9 Å². The largest absolute Gasteiger partial charge is 0.504 e. The van der Waals surface area contributed by atoms with E-state index in [9.17, 15) is 9.90 Å². The van der Waals surface area contributed by atoms with Crippen LogP contribution in [0.15, 0.2) is 27.5 Å². The van der Waals surface area contributed by atoms with Gasteiger partial charge in [-0.2, -0.15) is 0 Å². The number of hydrogen-bond donors (Lipinski definition) is 1. The third kappa shape index (κ3) is 2.06. The molecule has 1 aromatic rings. The van der Waals surface area contributed by atoms with Crippen LogP contribution in [0, 0.1) is 0 Å². The van der Waals surface area contributed by atoms with Gasteiger partial charge in [0.15, 0.2) is 5.75 Å². The van der Waals surface area contributed by atoms with Crippen molar-refractivity contribution in [3.05, 3.63) is 38.5 Å². The Balaban J connectivity index is 2.53. The van der Waals surface area contributed by atoms with Crippen molar-refractivity contribution in [2.24, 2.45) is 0 Å². The minimum absolute atomic E-state index is 0.142.